The van der Waals surface area contributed by atoms with Crippen molar-refractivity contribution in [2.75, 3.05) is 0 Å². The quantitative estimate of drug-likeness (QED) is 0.484. The molecule has 0 saturated heterocycles. The summed E-state index contributed by atoms with van der Waals surface area (Å²) in [5.74, 6) is 2.09. The molecule has 0 amide bonds. The number of fused-ring (bicyclic) bond motifs is 1. The molecule has 1 aliphatic rings. The smallest absolute Gasteiger partial charge is 0.184 e. The van der Waals surface area contributed by atoms with Gasteiger partial charge >= 0.3 is 0 Å². The molecule has 0 spiro atoms. The lowest BCUT2D eigenvalue weighted by Gasteiger charge is -2.32. The summed E-state index contributed by atoms with van der Waals surface area (Å²) < 4.78 is 7.77. The van der Waals surface area contributed by atoms with E-state index in [2.05, 4.69) is 54.0 Å². The summed E-state index contributed by atoms with van der Waals surface area (Å²) in [7, 11) is 0. The third kappa shape index (κ3) is 4.32. The van der Waals surface area contributed by atoms with Gasteiger partial charge in [0, 0.05) is 11.8 Å². The van der Waals surface area contributed by atoms with Crippen LogP contribution in [0.4, 0.5) is 0 Å². The summed E-state index contributed by atoms with van der Waals surface area (Å²) in [5, 5.41) is 12.8. The van der Waals surface area contributed by atoms with Crippen LogP contribution in [0.1, 0.15) is 51.7 Å². The summed E-state index contributed by atoms with van der Waals surface area (Å²) in [4.78, 5) is 4.02. The second kappa shape index (κ2) is 7.17. The fraction of sp³-hybridized carbons (Fsp3) is 0.474. The molecule has 2 aromatic rings. The van der Waals surface area contributed by atoms with Crippen LogP contribution in [0.25, 0.3) is 0 Å². The molecule has 0 aliphatic carbocycles. The summed E-state index contributed by atoms with van der Waals surface area (Å²) in [5.41, 5.74) is 1.99. The highest BCUT2D eigenvalue weighted by atomic mass is 16.5. The fourth-order valence-corrected chi connectivity index (χ4v) is 2.69. The molecule has 25 heavy (non-hydrogen) atoms. The molecular weight excluding hydrogens is 314 g/mol. The fourth-order valence-electron chi connectivity index (χ4n) is 2.69. The molecule has 3 rings (SSSR count). The van der Waals surface area contributed by atoms with Crippen LogP contribution in [-0.2, 0) is 6.42 Å². The van der Waals surface area contributed by atoms with Crippen molar-refractivity contribution < 1.29 is 4.74 Å². The first-order valence-electron chi connectivity index (χ1n) is 8.71. The van der Waals surface area contributed by atoms with Crippen molar-refractivity contribution in [2.24, 2.45) is 16.1 Å². The van der Waals surface area contributed by atoms with Crippen LogP contribution in [0, 0.1) is 5.92 Å². The maximum absolute atomic E-state index is 6.15. The predicted octanol–water partition coefficient (Wildman–Crippen LogP) is 3.71. The lowest BCUT2D eigenvalue weighted by Crippen LogP contribution is -2.32. The van der Waals surface area contributed by atoms with Crippen molar-refractivity contribution in [1.29, 1.82) is 0 Å². The molecular formula is C19H25N5O. The maximum Gasteiger partial charge on any atom is 0.184 e. The lowest BCUT2D eigenvalue weighted by atomic mass is 9.93. The molecule has 0 radical (unpaired) electrons. The molecule has 0 bridgehead atoms. The van der Waals surface area contributed by atoms with Crippen LogP contribution in [-0.4, -0.2) is 32.4 Å². The Morgan fingerprint density at radius 3 is 2.96 bits per heavy atom. The highest BCUT2D eigenvalue weighted by molar-refractivity contribution is 6.00. The predicted molar refractivity (Wildman–Crippen MR) is 99.4 cm³/mol. The Hall–Kier alpha value is -2.50. The number of aromatic nitrogens is 3. The lowest BCUT2D eigenvalue weighted by molar-refractivity contribution is 0.0847. The molecule has 1 aromatic carbocycles. The summed E-state index contributed by atoms with van der Waals surface area (Å²) in [6.45, 7) is 8.53. The van der Waals surface area contributed by atoms with Gasteiger partial charge in [0.1, 0.15) is 24.0 Å². The first-order chi connectivity index (χ1) is 11.9. The van der Waals surface area contributed by atoms with E-state index in [-0.39, 0.29) is 5.60 Å². The molecule has 132 valence electrons. The summed E-state index contributed by atoms with van der Waals surface area (Å²) in [6.07, 6.45) is 7.87. The van der Waals surface area contributed by atoms with Crippen molar-refractivity contribution in [3.63, 3.8) is 0 Å². The Morgan fingerprint density at radius 1 is 1.40 bits per heavy atom. The topological polar surface area (TPSA) is 64.7 Å². The highest BCUT2D eigenvalue weighted by Gasteiger charge is 2.27. The monoisotopic (exact) mass is 339 g/mol. The van der Waals surface area contributed by atoms with E-state index in [1.54, 1.807) is 11.0 Å². The van der Waals surface area contributed by atoms with Gasteiger partial charge in [-0.05, 0) is 50.7 Å². The zero-order chi connectivity index (χ0) is 17.9. The van der Waals surface area contributed by atoms with Gasteiger partial charge in [0.2, 0.25) is 0 Å². The number of hydrogen-bond acceptors (Lipinski definition) is 5. The number of hydrogen-bond donors (Lipinski definition) is 0. The SMILES string of the molecule is CC(C)CC=NN=C(c1ccc2c(c1)OC(C)(C)CC2)n1cncn1. The third-order valence-corrected chi connectivity index (χ3v) is 4.15. The molecule has 0 atom stereocenters. The van der Waals surface area contributed by atoms with Gasteiger partial charge in [0.05, 0.1) is 0 Å². The molecule has 2 heterocycles. The van der Waals surface area contributed by atoms with Gasteiger partial charge in [-0.1, -0.05) is 26.0 Å². The number of nitrogens with zero attached hydrogens (tertiary/aromatic N) is 5. The molecule has 1 aromatic heterocycles. The van der Waals surface area contributed by atoms with Crippen molar-refractivity contribution in [3.8, 4) is 5.75 Å². The largest absolute Gasteiger partial charge is 0.488 e. The molecule has 6 nitrogen and oxygen atoms in total. The van der Waals surface area contributed by atoms with Crippen LogP contribution < -0.4 is 4.74 Å². The second-order valence-corrected chi connectivity index (χ2v) is 7.38. The Morgan fingerprint density at radius 2 is 2.24 bits per heavy atom. The van der Waals surface area contributed by atoms with Gasteiger partial charge in [-0.2, -0.15) is 10.2 Å². The Balaban J connectivity index is 1.94. The normalized spacial score (nSPS) is 16.9. The van der Waals surface area contributed by atoms with Gasteiger partial charge in [-0.25, -0.2) is 9.67 Å². The number of benzene rings is 1. The van der Waals surface area contributed by atoms with Crippen LogP contribution in [0.5, 0.6) is 5.75 Å². The zero-order valence-corrected chi connectivity index (χ0v) is 15.3. The Bertz CT molecular complexity index is 775. The summed E-state index contributed by atoms with van der Waals surface area (Å²) >= 11 is 0. The minimum absolute atomic E-state index is 0.147. The van der Waals surface area contributed by atoms with Gasteiger partial charge in [0.25, 0.3) is 0 Å². The van der Waals surface area contributed by atoms with E-state index in [1.807, 2.05) is 18.3 Å². The van der Waals surface area contributed by atoms with E-state index in [4.69, 9.17) is 4.74 Å². The van der Waals surface area contributed by atoms with Crippen molar-refractivity contribution in [3.05, 3.63) is 42.0 Å². The van der Waals surface area contributed by atoms with Gasteiger partial charge < -0.3 is 4.74 Å². The summed E-state index contributed by atoms with van der Waals surface area (Å²) in [6, 6.07) is 6.16. The van der Waals surface area contributed by atoms with Crippen LogP contribution >= 0.6 is 0 Å². The van der Waals surface area contributed by atoms with E-state index in [1.165, 1.54) is 11.9 Å². The third-order valence-electron chi connectivity index (χ3n) is 4.15. The van der Waals surface area contributed by atoms with Gasteiger partial charge in [0.15, 0.2) is 5.84 Å². The number of rotatable bonds is 4. The molecule has 0 unspecified atom stereocenters. The highest BCUT2D eigenvalue weighted by Crippen LogP contribution is 2.33. The maximum atomic E-state index is 6.15. The number of aryl methyl sites for hydroxylation is 1. The molecule has 6 heteroatoms. The van der Waals surface area contributed by atoms with E-state index < -0.39 is 0 Å². The first kappa shape index (κ1) is 17.3. The van der Waals surface area contributed by atoms with E-state index >= 15 is 0 Å². The second-order valence-electron chi connectivity index (χ2n) is 7.38. The van der Waals surface area contributed by atoms with Crippen molar-refractivity contribution >= 4 is 12.1 Å². The van der Waals surface area contributed by atoms with Crippen LogP contribution in [0.3, 0.4) is 0 Å². The van der Waals surface area contributed by atoms with Crippen molar-refractivity contribution in [2.45, 2.75) is 52.6 Å². The van der Waals surface area contributed by atoms with Crippen molar-refractivity contribution in [1.82, 2.24) is 14.8 Å². The zero-order valence-electron chi connectivity index (χ0n) is 15.3. The molecule has 1 aliphatic heterocycles. The van der Waals surface area contributed by atoms with E-state index in [9.17, 15) is 0 Å². The average Bonchev–Trinajstić information content (AvgIpc) is 3.07. The molecule has 0 N–H and O–H groups in total. The van der Waals surface area contributed by atoms with Crippen LogP contribution in [0.2, 0.25) is 0 Å². The molecule has 0 saturated carbocycles. The average molecular weight is 339 g/mol. The first-order valence-corrected chi connectivity index (χ1v) is 8.71. The van der Waals surface area contributed by atoms with E-state index in [0.717, 1.165) is 30.6 Å². The minimum atomic E-state index is -0.147. The Kier molecular flexibility index (Phi) is 4.97. The number of ether oxygens (including phenoxy) is 1. The Labute approximate surface area is 148 Å². The van der Waals surface area contributed by atoms with E-state index in [0.29, 0.717) is 11.8 Å². The minimum Gasteiger partial charge on any atom is -0.488 e. The standard InChI is InChI=1S/C19H25N5O/c1-14(2)8-10-21-23-18(24-13-20-12-22-24)16-6-5-15-7-9-19(3,4)25-17(15)11-16/h5-6,10-14H,7-9H2,1-4H3. The van der Waals surface area contributed by atoms with Gasteiger partial charge in [-0.3, -0.25) is 0 Å². The van der Waals surface area contributed by atoms with Crippen LogP contribution in [0.15, 0.2) is 41.1 Å². The van der Waals surface area contributed by atoms with Gasteiger partial charge in [-0.15, -0.1) is 5.10 Å². The molecule has 0 fully saturated rings.